The van der Waals surface area contributed by atoms with Crippen LogP contribution in [0.25, 0.3) is 0 Å². The van der Waals surface area contributed by atoms with Crippen molar-refractivity contribution in [1.29, 1.82) is 0 Å². The van der Waals surface area contributed by atoms with Crippen molar-refractivity contribution in [3.63, 3.8) is 0 Å². The van der Waals surface area contributed by atoms with E-state index in [0.29, 0.717) is 28.2 Å². The van der Waals surface area contributed by atoms with Crippen LogP contribution in [0, 0.1) is 0 Å². The Morgan fingerprint density at radius 1 is 1.00 bits per heavy atom. The number of benzene rings is 2. The number of halogens is 2. The molecule has 5 nitrogen and oxygen atoms in total. The van der Waals surface area contributed by atoms with E-state index in [9.17, 15) is 4.79 Å². The molecule has 0 saturated carbocycles. The van der Waals surface area contributed by atoms with Gasteiger partial charge in [0, 0.05) is 28.5 Å². The predicted molar refractivity (Wildman–Crippen MR) is 100 cm³/mol. The topological polar surface area (TPSA) is 66.9 Å². The zero-order valence-electron chi connectivity index (χ0n) is 13.0. The Bertz CT molecular complexity index is 884. The van der Waals surface area contributed by atoms with E-state index in [1.54, 1.807) is 30.3 Å². The number of aromatic nitrogens is 2. The Labute approximate surface area is 155 Å². The average molecular weight is 373 g/mol. The maximum Gasteiger partial charge on any atom is 0.274 e. The lowest BCUT2D eigenvalue weighted by Gasteiger charge is -2.08. The minimum Gasteiger partial charge on any atom is -0.350 e. The van der Waals surface area contributed by atoms with E-state index in [1.807, 2.05) is 24.3 Å². The summed E-state index contributed by atoms with van der Waals surface area (Å²) >= 11 is 12.0. The Morgan fingerprint density at radius 2 is 1.76 bits per heavy atom. The summed E-state index contributed by atoms with van der Waals surface area (Å²) in [5, 5.41) is 7.08. The highest BCUT2D eigenvalue weighted by Gasteiger charge is 2.09. The predicted octanol–water partition coefficient (Wildman–Crippen LogP) is 4.65. The third-order valence-electron chi connectivity index (χ3n) is 3.39. The summed E-state index contributed by atoms with van der Waals surface area (Å²) in [6.07, 6.45) is 1.53. The van der Waals surface area contributed by atoms with Crippen molar-refractivity contribution < 1.29 is 4.79 Å². The molecule has 25 heavy (non-hydrogen) atoms. The fraction of sp³-hybridized carbons (Fsp3) is 0.0556. The summed E-state index contributed by atoms with van der Waals surface area (Å²) in [6.45, 7) is 0.460. The van der Waals surface area contributed by atoms with Crippen LogP contribution in [0.2, 0.25) is 10.0 Å². The molecule has 126 valence electrons. The zero-order valence-corrected chi connectivity index (χ0v) is 14.6. The Hall–Kier alpha value is -2.63. The standard InChI is InChI=1S/C18H14Cl2N4O/c19-13-5-7-14(8-6-13)23-17(25)16-9-10-21-18(24-16)22-11-12-3-1-2-4-15(12)20/h1-10H,11H2,(H,23,25)(H,21,22,24). The van der Waals surface area contributed by atoms with Crippen molar-refractivity contribution in [3.05, 3.63) is 82.1 Å². The number of carbonyl (C=O) groups is 1. The quantitative estimate of drug-likeness (QED) is 0.683. The molecule has 3 rings (SSSR count). The van der Waals surface area contributed by atoms with Gasteiger partial charge in [0.05, 0.1) is 0 Å². The first-order valence-corrected chi connectivity index (χ1v) is 8.24. The van der Waals surface area contributed by atoms with Gasteiger partial charge < -0.3 is 10.6 Å². The second-order valence-corrected chi connectivity index (χ2v) is 6.02. The van der Waals surface area contributed by atoms with Gasteiger partial charge in [0.2, 0.25) is 5.95 Å². The van der Waals surface area contributed by atoms with Crippen LogP contribution >= 0.6 is 23.2 Å². The molecule has 2 aromatic carbocycles. The van der Waals surface area contributed by atoms with E-state index in [0.717, 1.165) is 5.56 Å². The third-order valence-corrected chi connectivity index (χ3v) is 4.01. The molecular weight excluding hydrogens is 359 g/mol. The van der Waals surface area contributed by atoms with Crippen LogP contribution in [-0.2, 0) is 6.54 Å². The lowest BCUT2D eigenvalue weighted by molar-refractivity contribution is 0.102. The first-order chi connectivity index (χ1) is 12.1. The summed E-state index contributed by atoms with van der Waals surface area (Å²) in [7, 11) is 0. The summed E-state index contributed by atoms with van der Waals surface area (Å²) in [6, 6.07) is 15.9. The average Bonchev–Trinajstić information content (AvgIpc) is 2.63. The largest absolute Gasteiger partial charge is 0.350 e. The lowest BCUT2D eigenvalue weighted by Crippen LogP contribution is -2.15. The minimum absolute atomic E-state index is 0.256. The fourth-order valence-corrected chi connectivity index (χ4v) is 2.44. The number of anilines is 2. The second kappa shape index (κ2) is 7.96. The molecule has 0 aliphatic heterocycles. The molecule has 1 aromatic heterocycles. The van der Waals surface area contributed by atoms with Crippen molar-refractivity contribution in [1.82, 2.24) is 9.97 Å². The van der Waals surface area contributed by atoms with Crippen molar-refractivity contribution in [3.8, 4) is 0 Å². The van der Waals surface area contributed by atoms with Crippen molar-refractivity contribution >= 4 is 40.7 Å². The molecule has 1 amide bonds. The van der Waals surface area contributed by atoms with Gasteiger partial charge in [-0.25, -0.2) is 9.97 Å². The summed E-state index contributed by atoms with van der Waals surface area (Å²) in [5.41, 5.74) is 1.81. The van der Waals surface area contributed by atoms with Gasteiger partial charge in [-0.1, -0.05) is 41.4 Å². The minimum atomic E-state index is -0.328. The van der Waals surface area contributed by atoms with E-state index < -0.39 is 0 Å². The van der Waals surface area contributed by atoms with E-state index in [-0.39, 0.29) is 11.6 Å². The number of hydrogen-bond acceptors (Lipinski definition) is 4. The van der Waals surface area contributed by atoms with Gasteiger partial charge in [-0.3, -0.25) is 4.79 Å². The fourth-order valence-electron chi connectivity index (χ4n) is 2.11. The first-order valence-electron chi connectivity index (χ1n) is 7.49. The van der Waals surface area contributed by atoms with Gasteiger partial charge >= 0.3 is 0 Å². The zero-order chi connectivity index (χ0) is 17.6. The highest BCUT2D eigenvalue weighted by Crippen LogP contribution is 2.16. The van der Waals surface area contributed by atoms with Crippen LogP contribution < -0.4 is 10.6 Å². The maximum absolute atomic E-state index is 12.3. The Kier molecular flexibility index (Phi) is 5.48. The van der Waals surface area contributed by atoms with Crippen LogP contribution in [-0.4, -0.2) is 15.9 Å². The number of nitrogens with zero attached hydrogens (tertiary/aromatic N) is 2. The molecule has 0 radical (unpaired) electrons. The van der Waals surface area contributed by atoms with Crippen molar-refractivity contribution in [2.75, 3.05) is 10.6 Å². The van der Waals surface area contributed by atoms with Crippen LogP contribution in [0.3, 0.4) is 0 Å². The second-order valence-electron chi connectivity index (χ2n) is 5.17. The molecule has 0 aliphatic carbocycles. The van der Waals surface area contributed by atoms with E-state index in [4.69, 9.17) is 23.2 Å². The van der Waals surface area contributed by atoms with Crippen LogP contribution in [0.4, 0.5) is 11.6 Å². The lowest BCUT2D eigenvalue weighted by atomic mass is 10.2. The number of hydrogen-bond donors (Lipinski definition) is 2. The molecule has 0 fully saturated rings. The monoisotopic (exact) mass is 372 g/mol. The number of rotatable bonds is 5. The van der Waals surface area contributed by atoms with E-state index in [2.05, 4.69) is 20.6 Å². The van der Waals surface area contributed by atoms with Gasteiger partial charge in [-0.2, -0.15) is 0 Å². The van der Waals surface area contributed by atoms with Crippen LogP contribution in [0.15, 0.2) is 60.8 Å². The number of carbonyl (C=O) groups excluding carboxylic acids is 1. The normalized spacial score (nSPS) is 10.3. The van der Waals surface area contributed by atoms with Crippen LogP contribution in [0.5, 0.6) is 0 Å². The van der Waals surface area contributed by atoms with Crippen LogP contribution in [0.1, 0.15) is 16.1 Å². The Balaban J connectivity index is 1.67. The van der Waals surface area contributed by atoms with Crippen molar-refractivity contribution in [2.45, 2.75) is 6.54 Å². The van der Waals surface area contributed by atoms with E-state index in [1.165, 1.54) is 6.20 Å². The van der Waals surface area contributed by atoms with Gasteiger partial charge in [0.1, 0.15) is 5.69 Å². The number of nitrogens with one attached hydrogen (secondary N) is 2. The van der Waals surface area contributed by atoms with Gasteiger partial charge in [0.25, 0.3) is 5.91 Å². The highest BCUT2D eigenvalue weighted by atomic mass is 35.5. The SMILES string of the molecule is O=C(Nc1ccc(Cl)cc1)c1ccnc(NCc2ccccc2Cl)n1. The van der Waals surface area contributed by atoms with Crippen molar-refractivity contribution in [2.24, 2.45) is 0 Å². The summed E-state index contributed by atoms with van der Waals surface area (Å²) in [4.78, 5) is 20.6. The first kappa shape index (κ1) is 17.2. The van der Waals surface area contributed by atoms with Gasteiger partial charge in [-0.05, 0) is 42.0 Å². The molecule has 0 atom stereocenters. The maximum atomic E-state index is 12.3. The molecule has 7 heteroatoms. The molecule has 2 N–H and O–H groups in total. The van der Waals surface area contributed by atoms with Gasteiger partial charge in [-0.15, -0.1) is 0 Å². The Morgan fingerprint density at radius 3 is 2.52 bits per heavy atom. The molecular formula is C18H14Cl2N4O. The highest BCUT2D eigenvalue weighted by molar-refractivity contribution is 6.31. The summed E-state index contributed by atoms with van der Waals surface area (Å²) < 4.78 is 0. The molecule has 0 spiro atoms. The van der Waals surface area contributed by atoms with E-state index >= 15 is 0 Å². The molecule has 1 heterocycles. The molecule has 0 bridgehead atoms. The van der Waals surface area contributed by atoms with Gasteiger partial charge in [0.15, 0.2) is 0 Å². The number of amides is 1. The molecule has 0 aliphatic rings. The molecule has 0 saturated heterocycles. The molecule has 3 aromatic rings. The summed E-state index contributed by atoms with van der Waals surface area (Å²) in [5.74, 6) is 0.0224. The third kappa shape index (κ3) is 4.68. The smallest absolute Gasteiger partial charge is 0.274 e. The molecule has 0 unspecified atom stereocenters.